The van der Waals surface area contributed by atoms with E-state index in [4.69, 9.17) is 0 Å². The number of hydrogen-bond acceptors (Lipinski definition) is 2. The van der Waals surface area contributed by atoms with Crippen molar-refractivity contribution in [2.75, 3.05) is 14.1 Å². The van der Waals surface area contributed by atoms with Crippen molar-refractivity contribution in [3.05, 3.63) is 16.4 Å². The second-order valence-corrected chi connectivity index (χ2v) is 4.31. The Morgan fingerprint density at radius 3 is 2.57 bits per heavy atom. The van der Waals surface area contributed by atoms with Crippen LogP contribution in [0.15, 0.2) is 10.7 Å². The molecule has 0 radical (unpaired) electrons. The number of nitrogens with zero attached hydrogens (tertiary/aromatic N) is 3. The normalized spacial score (nSPS) is 12.6. The maximum atomic E-state index is 11.6. The van der Waals surface area contributed by atoms with Gasteiger partial charge < -0.3 is 4.90 Å². The third-order valence-corrected chi connectivity index (χ3v) is 2.83. The maximum absolute atomic E-state index is 11.6. The molecule has 1 rings (SSSR count). The molecule has 1 heterocycles. The monoisotopic (exact) mass is 259 g/mol. The molecule has 0 saturated heterocycles. The van der Waals surface area contributed by atoms with Crippen LogP contribution < -0.4 is 0 Å². The molecule has 1 atom stereocenters. The van der Waals surface area contributed by atoms with Gasteiger partial charge in [0.05, 0.1) is 10.2 Å². The summed E-state index contributed by atoms with van der Waals surface area (Å²) >= 11 is 3.36. The van der Waals surface area contributed by atoms with Crippen LogP contribution in [0.3, 0.4) is 0 Å². The fraction of sp³-hybridized carbons (Fsp3) is 0.556. The van der Waals surface area contributed by atoms with E-state index in [1.54, 1.807) is 23.7 Å². The molecule has 78 valence electrons. The van der Waals surface area contributed by atoms with Gasteiger partial charge in [-0.3, -0.25) is 9.48 Å². The molecule has 1 amide bonds. The van der Waals surface area contributed by atoms with E-state index in [9.17, 15) is 4.79 Å². The standard InChI is InChI=1S/C9H14BrN3O/c1-6-8(10)5-13(11-6)7(2)9(14)12(3)4/h5,7H,1-4H3. The number of carbonyl (C=O) groups excluding carboxylic acids is 1. The number of hydrogen-bond donors (Lipinski definition) is 0. The molecule has 0 bridgehead atoms. The van der Waals surface area contributed by atoms with Gasteiger partial charge in [0.25, 0.3) is 0 Å². The topological polar surface area (TPSA) is 38.1 Å². The lowest BCUT2D eigenvalue weighted by atomic mass is 10.3. The summed E-state index contributed by atoms with van der Waals surface area (Å²) in [7, 11) is 3.48. The molecule has 1 unspecified atom stereocenters. The van der Waals surface area contributed by atoms with Crippen molar-refractivity contribution in [3.63, 3.8) is 0 Å². The van der Waals surface area contributed by atoms with Crippen LogP contribution in [0.2, 0.25) is 0 Å². The van der Waals surface area contributed by atoms with Crippen molar-refractivity contribution in [1.82, 2.24) is 14.7 Å². The molecule has 0 aliphatic heterocycles. The van der Waals surface area contributed by atoms with E-state index in [-0.39, 0.29) is 11.9 Å². The highest BCUT2D eigenvalue weighted by atomic mass is 79.9. The Morgan fingerprint density at radius 1 is 1.64 bits per heavy atom. The summed E-state index contributed by atoms with van der Waals surface area (Å²) in [5, 5.41) is 4.24. The third kappa shape index (κ3) is 2.15. The maximum Gasteiger partial charge on any atom is 0.246 e. The molecular formula is C9H14BrN3O. The summed E-state index contributed by atoms with van der Waals surface area (Å²) in [6, 6.07) is -0.255. The van der Waals surface area contributed by atoms with Crippen LogP contribution in [-0.4, -0.2) is 34.7 Å². The van der Waals surface area contributed by atoms with Gasteiger partial charge in [0.1, 0.15) is 6.04 Å². The van der Waals surface area contributed by atoms with Crippen molar-refractivity contribution in [3.8, 4) is 0 Å². The molecule has 0 fully saturated rings. The van der Waals surface area contributed by atoms with Gasteiger partial charge in [-0.1, -0.05) is 0 Å². The SMILES string of the molecule is Cc1nn(C(C)C(=O)N(C)C)cc1Br. The fourth-order valence-corrected chi connectivity index (χ4v) is 1.43. The Kier molecular flexibility index (Phi) is 3.31. The predicted octanol–water partition coefficient (Wildman–Crippen LogP) is 1.60. The van der Waals surface area contributed by atoms with E-state index in [1.807, 2.05) is 20.0 Å². The van der Waals surface area contributed by atoms with E-state index in [2.05, 4.69) is 21.0 Å². The van der Waals surface area contributed by atoms with E-state index < -0.39 is 0 Å². The second kappa shape index (κ2) is 4.13. The van der Waals surface area contributed by atoms with Crippen LogP contribution in [0.25, 0.3) is 0 Å². The number of aromatic nitrogens is 2. The summed E-state index contributed by atoms with van der Waals surface area (Å²) < 4.78 is 2.60. The van der Waals surface area contributed by atoms with Crippen LogP contribution in [0.4, 0.5) is 0 Å². The molecule has 0 saturated carbocycles. The van der Waals surface area contributed by atoms with Crippen LogP contribution in [0, 0.1) is 6.92 Å². The highest BCUT2D eigenvalue weighted by Gasteiger charge is 2.18. The van der Waals surface area contributed by atoms with Gasteiger partial charge in [-0.2, -0.15) is 5.10 Å². The number of aryl methyl sites for hydroxylation is 1. The lowest BCUT2D eigenvalue weighted by Crippen LogP contribution is -2.30. The quantitative estimate of drug-likeness (QED) is 0.810. The zero-order valence-electron chi connectivity index (χ0n) is 8.78. The number of rotatable bonds is 2. The van der Waals surface area contributed by atoms with Crippen LogP contribution in [0.5, 0.6) is 0 Å². The highest BCUT2D eigenvalue weighted by Crippen LogP contribution is 2.17. The smallest absolute Gasteiger partial charge is 0.246 e. The molecule has 0 aliphatic carbocycles. The Bertz CT molecular complexity index is 326. The van der Waals surface area contributed by atoms with Crippen LogP contribution in [0.1, 0.15) is 18.7 Å². The van der Waals surface area contributed by atoms with Gasteiger partial charge in [0, 0.05) is 20.3 Å². The Balaban J connectivity index is 2.89. The summed E-state index contributed by atoms with van der Waals surface area (Å²) in [6.45, 7) is 3.73. The number of carbonyl (C=O) groups is 1. The highest BCUT2D eigenvalue weighted by molar-refractivity contribution is 9.10. The summed E-state index contributed by atoms with van der Waals surface area (Å²) in [5.74, 6) is 0.0417. The summed E-state index contributed by atoms with van der Waals surface area (Å²) in [6.07, 6.45) is 1.82. The molecule has 1 aromatic heterocycles. The first-order valence-electron chi connectivity index (χ1n) is 4.36. The lowest BCUT2D eigenvalue weighted by Gasteiger charge is -2.16. The Hall–Kier alpha value is -0.840. The van der Waals surface area contributed by atoms with Crippen molar-refractivity contribution in [2.45, 2.75) is 19.9 Å². The Morgan fingerprint density at radius 2 is 2.21 bits per heavy atom. The van der Waals surface area contributed by atoms with Gasteiger partial charge in [0.2, 0.25) is 5.91 Å². The number of halogens is 1. The first-order valence-corrected chi connectivity index (χ1v) is 5.15. The zero-order valence-corrected chi connectivity index (χ0v) is 10.4. The molecule has 0 N–H and O–H groups in total. The molecule has 1 aromatic rings. The lowest BCUT2D eigenvalue weighted by molar-refractivity contribution is -0.131. The Labute approximate surface area is 92.0 Å². The number of amides is 1. The first kappa shape index (κ1) is 11.2. The van der Waals surface area contributed by atoms with E-state index in [0.29, 0.717) is 0 Å². The molecule has 4 nitrogen and oxygen atoms in total. The van der Waals surface area contributed by atoms with Gasteiger partial charge in [0.15, 0.2) is 0 Å². The van der Waals surface area contributed by atoms with E-state index in [1.165, 1.54) is 0 Å². The average Bonchev–Trinajstić information content (AvgIpc) is 2.44. The molecule has 0 aliphatic rings. The van der Waals surface area contributed by atoms with Gasteiger partial charge >= 0.3 is 0 Å². The molecule has 5 heteroatoms. The molecule has 0 aromatic carbocycles. The van der Waals surface area contributed by atoms with Crippen molar-refractivity contribution < 1.29 is 4.79 Å². The zero-order chi connectivity index (χ0) is 10.9. The summed E-state index contributed by atoms with van der Waals surface area (Å²) in [4.78, 5) is 13.2. The van der Waals surface area contributed by atoms with Gasteiger partial charge in [-0.25, -0.2) is 0 Å². The van der Waals surface area contributed by atoms with Crippen LogP contribution in [-0.2, 0) is 4.79 Å². The second-order valence-electron chi connectivity index (χ2n) is 3.45. The largest absolute Gasteiger partial charge is 0.347 e. The minimum absolute atomic E-state index is 0.0417. The van der Waals surface area contributed by atoms with Gasteiger partial charge in [-0.05, 0) is 29.8 Å². The molecule has 14 heavy (non-hydrogen) atoms. The molecule has 0 spiro atoms. The third-order valence-electron chi connectivity index (χ3n) is 2.05. The molecular weight excluding hydrogens is 246 g/mol. The number of likely N-dealkylation sites (N-methyl/N-ethyl adjacent to an activating group) is 1. The van der Waals surface area contributed by atoms with Crippen molar-refractivity contribution in [2.24, 2.45) is 0 Å². The van der Waals surface area contributed by atoms with Crippen molar-refractivity contribution in [1.29, 1.82) is 0 Å². The first-order chi connectivity index (χ1) is 6.43. The van der Waals surface area contributed by atoms with Crippen LogP contribution >= 0.6 is 15.9 Å². The van der Waals surface area contributed by atoms with Gasteiger partial charge in [-0.15, -0.1) is 0 Å². The minimum atomic E-state index is -0.255. The predicted molar refractivity (Wildman–Crippen MR) is 58.1 cm³/mol. The van der Waals surface area contributed by atoms with E-state index >= 15 is 0 Å². The fourth-order valence-electron chi connectivity index (χ4n) is 1.14. The minimum Gasteiger partial charge on any atom is -0.347 e. The average molecular weight is 260 g/mol. The van der Waals surface area contributed by atoms with Crippen molar-refractivity contribution >= 4 is 21.8 Å². The van der Waals surface area contributed by atoms with E-state index in [0.717, 1.165) is 10.2 Å². The summed E-state index contributed by atoms with van der Waals surface area (Å²) in [5.41, 5.74) is 0.892.